The first-order chi connectivity index (χ1) is 8.68. The standard InChI is InChI=1S/C12H22O4SSi/c1-18(14)9-3-7-17-8-5-12(13)16-10-11-4-2-6-15-11/h11H,2-10H2,1H3. The Morgan fingerprint density at radius 1 is 1.50 bits per heavy atom. The Bertz CT molecular complexity index is 267. The minimum absolute atomic E-state index is 0.115. The van der Waals surface area contributed by atoms with Gasteiger partial charge in [-0.05, 0) is 37.6 Å². The Labute approximate surface area is 114 Å². The summed E-state index contributed by atoms with van der Waals surface area (Å²) >= 11 is 1.73. The number of rotatable bonds is 9. The first-order valence-corrected chi connectivity index (χ1v) is 9.80. The van der Waals surface area contributed by atoms with E-state index in [1.807, 2.05) is 0 Å². The summed E-state index contributed by atoms with van der Waals surface area (Å²) in [4.78, 5) is 11.4. The number of carbonyl (C=O) groups is 1. The second kappa shape index (κ2) is 9.69. The van der Waals surface area contributed by atoms with Gasteiger partial charge in [-0.25, -0.2) is 0 Å². The van der Waals surface area contributed by atoms with E-state index >= 15 is 0 Å². The van der Waals surface area contributed by atoms with Crippen LogP contribution < -0.4 is 0 Å². The minimum Gasteiger partial charge on any atom is -0.463 e. The lowest BCUT2D eigenvalue weighted by Crippen LogP contribution is -2.18. The van der Waals surface area contributed by atoms with Crippen LogP contribution in [-0.2, 0) is 18.7 Å². The maximum Gasteiger partial charge on any atom is 0.306 e. The van der Waals surface area contributed by atoms with Gasteiger partial charge < -0.3 is 13.9 Å². The second-order valence-electron chi connectivity index (χ2n) is 4.49. The van der Waals surface area contributed by atoms with Gasteiger partial charge in [-0.15, -0.1) is 0 Å². The molecule has 0 amide bonds. The highest BCUT2D eigenvalue weighted by molar-refractivity contribution is 7.99. The lowest BCUT2D eigenvalue weighted by atomic mass is 10.2. The molecule has 0 spiro atoms. The third-order valence-electron chi connectivity index (χ3n) is 2.72. The maximum atomic E-state index is 11.4. The summed E-state index contributed by atoms with van der Waals surface area (Å²) in [6, 6.07) is 0.821. The number of hydrogen-bond acceptors (Lipinski definition) is 5. The first-order valence-electron chi connectivity index (χ1n) is 6.53. The molecule has 1 atom stereocenters. The van der Waals surface area contributed by atoms with Crippen LogP contribution in [0.25, 0.3) is 0 Å². The molecule has 18 heavy (non-hydrogen) atoms. The Balaban J connectivity index is 1.88. The highest BCUT2D eigenvalue weighted by atomic mass is 32.2. The highest BCUT2D eigenvalue weighted by Crippen LogP contribution is 2.13. The van der Waals surface area contributed by atoms with E-state index in [0.29, 0.717) is 13.0 Å². The summed E-state index contributed by atoms with van der Waals surface area (Å²) in [7, 11) is -1.32. The van der Waals surface area contributed by atoms with Crippen molar-refractivity contribution in [1.82, 2.24) is 0 Å². The molecule has 1 heterocycles. The fourth-order valence-corrected chi connectivity index (χ4v) is 3.51. The van der Waals surface area contributed by atoms with E-state index < -0.39 is 8.68 Å². The fourth-order valence-electron chi connectivity index (χ4n) is 1.71. The quantitative estimate of drug-likeness (QED) is 0.370. The monoisotopic (exact) mass is 290 g/mol. The van der Waals surface area contributed by atoms with Gasteiger partial charge in [0.2, 0.25) is 0 Å². The number of hydrogen-bond donors (Lipinski definition) is 0. The molecule has 1 rings (SSSR count). The van der Waals surface area contributed by atoms with Gasteiger partial charge in [-0.3, -0.25) is 4.79 Å². The Morgan fingerprint density at radius 2 is 2.33 bits per heavy atom. The van der Waals surface area contributed by atoms with Crippen LogP contribution in [0.3, 0.4) is 0 Å². The zero-order chi connectivity index (χ0) is 13.2. The van der Waals surface area contributed by atoms with Crippen LogP contribution in [0.2, 0.25) is 12.6 Å². The lowest BCUT2D eigenvalue weighted by molar-refractivity contribution is -0.146. The lowest BCUT2D eigenvalue weighted by Gasteiger charge is -2.09. The molecule has 0 aliphatic carbocycles. The van der Waals surface area contributed by atoms with Crippen LogP contribution in [0.5, 0.6) is 0 Å². The second-order valence-corrected chi connectivity index (χ2v) is 7.61. The summed E-state index contributed by atoms with van der Waals surface area (Å²) in [5.74, 6) is 1.63. The van der Waals surface area contributed by atoms with Crippen molar-refractivity contribution in [2.24, 2.45) is 0 Å². The van der Waals surface area contributed by atoms with E-state index in [-0.39, 0.29) is 12.1 Å². The van der Waals surface area contributed by atoms with E-state index in [9.17, 15) is 9.26 Å². The van der Waals surface area contributed by atoms with Crippen molar-refractivity contribution in [2.45, 2.75) is 44.4 Å². The molecule has 0 aromatic rings. The molecule has 0 saturated carbocycles. The maximum absolute atomic E-state index is 11.4. The van der Waals surface area contributed by atoms with Crippen molar-refractivity contribution in [3.63, 3.8) is 0 Å². The molecule has 0 bridgehead atoms. The predicted octanol–water partition coefficient (Wildman–Crippen LogP) is 2.27. The SMILES string of the molecule is C[Si](=O)CCCSCCC(=O)OCC1CCCO1. The molecule has 1 fully saturated rings. The van der Waals surface area contributed by atoms with Gasteiger partial charge in [0.15, 0.2) is 0 Å². The van der Waals surface area contributed by atoms with Crippen molar-refractivity contribution in [3.8, 4) is 0 Å². The minimum atomic E-state index is -1.32. The van der Waals surface area contributed by atoms with Crippen LogP contribution in [0, 0.1) is 0 Å². The summed E-state index contributed by atoms with van der Waals surface area (Å²) in [5.41, 5.74) is 0. The molecule has 1 aliphatic heterocycles. The average molecular weight is 290 g/mol. The van der Waals surface area contributed by atoms with Crippen LogP contribution in [-0.4, -0.2) is 45.5 Å². The van der Waals surface area contributed by atoms with Gasteiger partial charge in [0, 0.05) is 12.4 Å². The van der Waals surface area contributed by atoms with E-state index in [4.69, 9.17) is 9.47 Å². The Morgan fingerprint density at radius 3 is 3.00 bits per heavy atom. The predicted molar refractivity (Wildman–Crippen MR) is 73.6 cm³/mol. The van der Waals surface area contributed by atoms with E-state index in [0.717, 1.165) is 43.4 Å². The topological polar surface area (TPSA) is 52.6 Å². The van der Waals surface area contributed by atoms with E-state index in [2.05, 4.69) is 0 Å². The molecule has 104 valence electrons. The van der Waals surface area contributed by atoms with Gasteiger partial charge in [0.25, 0.3) is 8.68 Å². The average Bonchev–Trinajstić information content (AvgIpc) is 2.83. The molecule has 1 aliphatic rings. The van der Waals surface area contributed by atoms with E-state index in [1.54, 1.807) is 18.3 Å². The molecule has 6 heteroatoms. The summed E-state index contributed by atoms with van der Waals surface area (Å²) in [6.07, 6.45) is 3.61. The van der Waals surface area contributed by atoms with Gasteiger partial charge in [-0.2, -0.15) is 11.8 Å². The third-order valence-corrected chi connectivity index (χ3v) is 4.85. The number of esters is 1. The third kappa shape index (κ3) is 8.00. The summed E-state index contributed by atoms with van der Waals surface area (Å²) in [5, 5.41) is 0. The van der Waals surface area contributed by atoms with Crippen molar-refractivity contribution >= 4 is 26.4 Å². The van der Waals surface area contributed by atoms with Crippen LogP contribution in [0.15, 0.2) is 0 Å². The molecule has 1 unspecified atom stereocenters. The van der Waals surface area contributed by atoms with Crippen LogP contribution in [0.1, 0.15) is 25.7 Å². The van der Waals surface area contributed by atoms with Gasteiger partial charge in [0.1, 0.15) is 6.61 Å². The van der Waals surface area contributed by atoms with Gasteiger partial charge >= 0.3 is 5.97 Å². The normalized spacial score (nSPS) is 18.8. The van der Waals surface area contributed by atoms with Crippen LogP contribution in [0.4, 0.5) is 0 Å². The molecular weight excluding hydrogens is 268 g/mol. The summed E-state index contributed by atoms with van der Waals surface area (Å²) < 4.78 is 21.4. The number of carbonyl (C=O) groups excluding carboxylic acids is 1. The van der Waals surface area contributed by atoms with Crippen molar-refractivity contribution in [3.05, 3.63) is 0 Å². The fraction of sp³-hybridized carbons (Fsp3) is 0.917. The molecule has 0 N–H and O–H groups in total. The van der Waals surface area contributed by atoms with Crippen molar-refractivity contribution in [2.75, 3.05) is 24.7 Å². The molecule has 0 aromatic carbocycles. The number of ether oxygens (including phenoxy) is 2. The summed E-state index contributed by atoms with van der Waals surface area (Å²) in [6.45, 7) is 2.98. The van der Waals surface area contributed by atoms with Gasteiger partial charge in [-0.1, -0.05) is 0 Å². The smallest absolute Gasteiger partial charge is 0.306 e. The van der Waals surface area contributed by atoms with E-state index in [1.165, 1.54) is 0 Å². The van der Waals surface area contributed by atoms with Crippen molar-refractivity contribution in [1.29, 1.82) is 0 Å². The molecule has 4 nitrogen and oxygen atoms in total. The largest absolute Gasteiger partial charge is 0.463 e. The molecule has 0 radical (unpaired) electrons. The first kappa shape index (κ1) is 15.9. The molecular formula is C12H22O4SSi. The molecule has 0 aromatic heterocycles. The molecule has 1 saturated heterocycles. The highest BCUT2D eigenvalue weighted by Gasteiger charge is 2.17. The Kier molecular flexibility index (Phi) is 8.54. The number of thioether (sulfide) groups is 1. The van der Waals surface area contributed by atoms with Crippen LogP contribution >= 0.6 is 11.8 Å². The zero-order valence-electron chi connectivity index (χ0n) is 11.0. The zero-order valence-corrected chi connectivity index (χ0v) is 12.8. The Hall–Kier alpha value is -0.203. The van der Waals surface area contributed by atoms with Crippen molar-refractivity contribution < 1.29 is 18.7 Å². The van der Waals surface area contributed by atoms with Gasteiger partial charge in [0.05, 0.1) is 12.5 Å².